The predicted octanol–water partition coefficient (Wildman–Crippen LogP) is 1.91. The SMILES string of the molecule is COc1ccc(N=NN2N=CCC2=O)cc1. The Morgan fingerprint density at radius 1 is 1.38 bits per heavy atom. The van der Waals surface area contributed by atoms with E-state index in [9.17, 15) is 4.79 Å². The Bertz CT molecular complexity index is 439. The summed E-state index contributed by atoms with van der Waals surface area (Å²) in [6, 6.07) is 7.02. The minimum atomic E-state index is -0.183. The van der Waals surface area contributed by atoms with Crippen LogP contribution in [0.25, 0.3) is 0 Å². The number of carbonyl (C=O) groups is 1. The molecule has 0 aromatic heterocycles. The Labute approximate surface area is 92.2 Å². The molecule has 1 aromatic carbocycles. The summed E-state index contributed by atoms with van der Waals surface area (Å²) in [5.74, 6) is 0.562. The molecule has 6 nitrogen and oxygen atoms in total. The molecule has 0 N–H and O–H groups in total. The lowest BCUT2D eigenvalue weighted by molar-refractivity contribution is -0.129. The van der Waals surface area contributed by atoms with Crippen molar-refractivity contribution in [3.8, 4) is 5.75 Å². The highest BCUT2D eigenvalue weighted by Gasteiger charge is 2.15. The number of hydrogen-bond donors (Lipinski definition) is 0. The van der Waals surface area contributed by atoms with Gasteiger partial charge in [-0.05, 0) is 29.5 Å². The third kappa shape index (κ3) is 2.22. The summed E-state index contributed by atoms with van der Waals surface area (Å²) in [4.78, 5) is 11.1. The molecule has 0 aliphatic carbocycles. The maximum atomic E-state index is 11.1. The van der Waals surface area contributed by atoms with Crippen molar-refractivity contribution in [2.24, 2.45) is 15.4 Å². The number of amides is 1. The van der Waals surface area contributed by atoms with Crippen LogP contribution in [-0.4, -0.2) is 24.3 Å². The van der Waals surface area contributed by atoms with E-state index >= 15 is 0 Å². The summed E-state index contributed by atoms with van der Waals surface area (Å²) in [6.45, 7) is 0. The second kappa shape index (κ2) is 4.52. The summed E-state index contributed by atoms with van der Waals surface area (Å²) >= 11 is 0. The van der Waals surface area contributed by atoms with Crippen molar-refractivity contribution in [1.82, 2.24) is 5.12 Å². The minimum Gasteiger partial charge on any atom is -0.497 e. The first-order valence-electron chi connectivity index (χ1n) is 4.71. The van der Waals surface area contributed by atoms with Crippen molar-refractivity contribution in [2.75, 3.05) is 7.11 Å². The van der Waals surface area contributed by atoms with Crippen molar-refractivity contribution < 1.29 is 9.53 Å². The fourth-order valence-electron chi connectivity index (χ4n) is 1.16. The van der Waals surface area contributed by atoms with Gasteiger partial charge in [0.25, 0.3) is 5.91 Å². The smallest absolute Gasteiger partial charge is 0.271 e. The third-order valence-electron chi connectivity index (χ3n) is 2.00. The van der Waals surface area contributed by atoms with Crippen LogP contribution in [0.4, 0.5) is 5.69 Å². The molecular weight excluding hydrogens is 208 g/mol. The number of ether oxygens (including phenoxy) is 1. The van der Waals surface area contributed by atoms with Crippen LogP contribution >= 0.6 is 0 Å². The van der Waals surface area contributed by atoms with Gasteiger partial charge in [0.1, 0.15) is 5.75 Å². The molecule has 1 aliphatic rings. The molecule has 0 saturated heterocycles. The maximum Gasteiger partial charge on any atom is 0.271 e. The lowest BCUT2D eigenvalue weighted by Gasteiger charge is -2.01. The summed E-state index contributed by atoms with van der Waals surface area (Å²) < 4.78 is 5.00. The Hall–Kier alpha value is -2.24. The highest BCUT2D eigenvalue weighted by Crippen LogP contribution is 2.18. The Balaban J connectivity index is 2.05. The Kier molecular flexibility index (Phi) is 2.90. The van der Waals surface area contributed by atoms with E-state index in [0.29, 0.717) is 5.69 Å². The lowest BCUT2D eigenvalue weighted by atomic mass is 10.3. The molecular formula is C10H10N4O2. The second-order valence-electron chi connectivity index (χ2n) is 3.07. The van der Waals surface area contributed by atoms with Gasteiger partial charge in [-0.15, -0.1) is 5.11 Å². The van der Waals surface area contributed by atoms with Crippen LogP contribution in [0.15, 0.2) is 39.7 Å². The molecule has 0 bridgehead atoms. The third-order valence-corrected chi connectivity index (χ3v) is 2.00. The molecule has 0 radical (unpaired) electrons. The highest BCUT2D eigenvalue weighted by atomic mass is 16.5. The molecule has 0 atom stereocenters. The van der Waals surface area contributed by atoms with E-state index in [1.807, 2.05) is 0 Å². The summed E-state index contributed by atoms with van der Waals surface area (Å²) in [5, 5.41) is 12.3. The molecule has 0 spiro atoms. The van der Waals surface area contributed by atoms with Crippen LogP contribution in [0.2, 0.25) is 0 Å². The molecule has 1 amide bonds. The Morgan fingerprint density at radius 3 is 2.69 bits per heavy atom. The number of benzene rings is 1. The van der Waals surface area contributed by atoms with E-state index in [0.717, 1.165) is 10.9 Å². The number of methoxy groups -OCH3 is 1. The monoisotopic (exact) mass is 218 g/mol. The van der Waals surface area contributed by atoms with E-state index in [1.54, 1.807) is 31.4 Å². The number of hydrogen-bond acceptors (Lipinski definition) is 5. The van der Waals surface area contributed by atoms with Crippen LogP contribution in [0.5, 0.6) is 5.75 Å². The fourth-order valence-corrected chi connectivity index (χ4v) is 1.16. The molecule has 0 saturated carbocycles. The van der Waals surface area contributed by atoms with Gasteiger partial charge in [0.15, 0.2) is 0 Å². The first-order chi connectivity index (χ1) is 7.79. The first-order valence-corrected chi connectivity index (χ1v) is 4.71. The normalized spacial score (nSPS) is 15.1. The highest BCUT2D eigenvalue weighted by molar-refractivity contribution is 5.93. The van der Waals surface area contributed by atoms with E-state index in [1.165, 1.54) is 6.21 Å². The number of carbonyl (C=O) groups excluding carboxylic acids is 1. The first kappa shape index (κ1) is 10.3. The van der Waals surface area contributed by atoms with Gasteiger partial charge in [0, 0.05) is 6.21 Å². The molecule has 82 valence electrons. The van der Waals surface area contributed by atoms with E-state index in [2.05, 4.69) is 15.4 Å². The average molecular weight is 218 g/mol. The van der Waals surface area contributed by atoms with Crippen LogP contribution in [0, 0.1) is 0 Å². The van der Waals surface area contributed by atoms with Gasteiger partial charge in [-0.3, -0.25) is 4.79 Å². The largest absolute Gasteiger partial charge is 0.497 e. The standard InChI is InChI=1S/C10H10N4O2/c1-16-9-4-2-8(3-5-9)12-13-14-10(15)6-7-11-14/h2-5,7H,6H2,1H3. The van der Waals surface area contributed by atoms with Crippen LogP contribution in [-0.2, 0) is 4.79 Å². The van der Waals surface area contributed by atoms with Crippen LogP contribution in [0.1, 0.15) is 6.42 Å². The number of hydrazone groups is 1. The summed E-state index contributed by atoms with van der Waals surface area (Å²) in [7, 11) is 1.59. The quantitative estimate of drug-likeness (QED) is 0.727. The van der Waals surface area contributed by atoms with Gasteiger partial charge in [-0.2, -0.15) is 5.10 Å². The van der Waals surface area contributed by atoms with Gasteiger partial charge in [0.2, 0.25) is 0 Å². The van der Waals surface area contributed by atoms with Gasteiger partial charge < -0.3 is 4.74 Å². The molecule has 16 heavy (non-hydrogen) atoms. The predicted molar refractivity (Wildman–Crippen MR) is 57.5 cm³/mol. The van der Waals surface area contributed by atoms with E-state index < -0.39 is 0 Å². The Morgan fingerprint density at radius 2 is 2.12 bits per heavy atom. The zero-order valence-corrected chi connectivity index (χ0v) is 8.70. The fraction of sp³-hybridized carbons (Fsp3) is 0.200. The van der Waals surface area contributed by atoms with Gasteiger partial charge in [0.05, 0.1) is 19.2 Å². The molecule has 0 fully saturated rings. The lowest BCUT2D eigenvalue weighted by Crippen LogP contribution is -2.12. The van der Waals surface area contributed by atoms with Gasteiger partial charge in [-0.25, -0.2) is 0 Å². The van der Waals surface area contributed by atoms with E-state index in [4.69, 9.17) is 4.74 Å². The molecule has 1 aliphatic heterocycles. The zero-order chi connectivity index (χ0) is 11.4. The van der Waals surface area contributed by atoms with Crippen LogP contribution in [0.3, 0.4) is 0 Å². The van der Waals surface area contributed by atoms with Gasteiger partial charge in [-0.1, -0.05) is 5.12 Å². The second-order valence-corrected chi connectivity index (χ2v) is 3.07. The van der Waals surface area contributed by atoms with Gasteiger partial charge >= 0.3 is 0 Å². The van der Waals surface area contributed by atoms with Crippen molar-refractivity contribution in [2.45, 2.75) is 6.42 Å². The van der Waals surface area contributed by atoms with E-state index in [-0.39, 0.29) is 12.3 Å². The summed E-state index contributed by atoms with van der Waals surface area (Å²) in [5.41, 5.74) is 0.635. The number of nitrogens with zero attached hydrogens (tertiary/aromatic N) is 4. The molecule has 1 heterocycles. The topological polar surface area (TPSA) is 66.6 Å². The molecule has 1 aromatic rings. The molecule has 2 rings (SSSR count). The van der Waals surface area contributed by atoms with Crippen molar-refractivity contribution in [1.29, 1.82) is 0 Å². The maximum absolute atomic E-state index is 11.1. The van der Waals surface area contributed by atoms with Crippen molar-refractivity contribution >= 4 is 17.8 Å². The average Bonchev–Trinajstić information content (AvgIpc) is 2.73. The zero-order valence-electron chi connectivity index (χ0n) is 8.70. The van der Waals surface area contributed by atoms with Crippen molar-refractivity contribution in [3.63, 3.8) is 0 Å². The van der Waals surface area contributed by atoms with Crippen molar-refractivity contribution in [3.05, 3.63) is 24.3 Å². The van der Waals surface area contributed by atoms with Crippen LogP contribution < -0.4 is 4.74 Å². The molecule has 6 heteroatoms. The number of rotatable bonds is 3. The minimum absolute atomic E-state index is 0.183. The molecule has 0 unspecified atom stereocenters. The summed E-state index contributed by atoms with van der Waals surface area (Å²) in [6.07, 6.45) is 1.77.